The normalized spacial score (nSPS) is 23.5. The molecule has 0 radical (unpaired) electrons. The van der Waals surface area contributed by atoms with Crippen LogP contribution in [0, 0.1) is 5.92 Å². The molecule has 0 fully saturated rings. The Morgan fingerprint density at radius 2 is 2.12 bits per heavy atom. The summed E-state index contributed by atoms with van der Waals surface area (Å²) in [5, 5.41) is 2.52. The van der Waals surface area contributed by atoms with Crippen LogP contribution in [0.1, 0.15) is 33.1 Å². The van der Waals surface area contributed by atoms with Gasteiger partial charge in [0.1, 0.15) is 5.60 Å². The molecule has 0 saturated heterocycles. The zero-order chi connectivity index (χ0) is 12.0. The molecular formula is C13H21NO2. The number of rotatable bonds is 4. The highest BCUT2D eigenvalue weighted by Crippen LogP contribution is 2.35. The standard InChI is InChI=1S/C13H21NO2/c1-4-11(5-2)13(16-12(15)14-3)9-7-6-8-10-13/h6-9,11H,4-5,10H2,1-3H3,(H,14,15). The van der Waals surface area contributed by atoms with Crippen molar-refractivity contribution in [3.05, 3.63) is 24.3 Å². The highest BCUT2D eigenvalue weighted by atomic mass is 16.6. The molecule has 0 aromatic rings. The molecule has 16 heavy (non-hydrogen) atoms. The van der Waals surface area contributed by atoms with Crippen LogP contribution >= 0.6 is 0 Å². The molecule has 0 aliphatic heterocycles. The van der Waals surface area contributed by atoms with Gasteiger partial charge in [0.05, 0.1) is 0 Å². The van der Waals surface area contributed by atoms with Gasteiger partial charge in [0.15, 0.2) is 0 Å². The smallest absolute Gasteiger partial charge is 0.407 e. The van der Waals surface area contributed by atoms with Crippen LogP contribution in [0.15, 0.2) is 24.3 Å². The summed E-state index contributed by atoms with van der Waals surface area (Å²) >= 11 is 0. The van der Waals surface area contributed by atoms with E-state index in [9.17, 15) is 4.79 Å². The highest BCUT2D eigenvalue weighted by Gasteiger charge is 2.38. The monoisotopic (exact) mass is 223 g/mol. The van der Waals surface area contributed by atoms with E-state index in [1.54, 1.807) is 7.05 Å². The number of allylic oxidation sites excluding steroid dienone is 2. The minimum absolute atomic E-state index is 0.355. The average Bonchev–Trinajstić information content (AvgIpc) is 2.31. The maximum atomic E-state index is 11.4. The summed E-state index contributed by atoms with van der Waals surface area (Å²) in [4.78, 5) is 11.4. The van der Waals surface area contributed by atoms with Crippen molar-refractivity contribution < 1.29 is 9.53 Å². The Bertz CT molecular complexity index is 292. The van der Waals surface area contributed by atoms with Crippen LogP contribution in [0.25, 0.3) is 0 Å². The lowest BCUT2D eigenvalue weighted by Crippen LogP contribution is -2.43. The third-order valence-electron chi connectivity index (χ3n) is 3.23. The molecule has 3 nitrogen and oxygen atoms in total. The van der Waals surface area contributed by atoms with Crippen LogP contribution in [0.5, 0.6) is 0 Å². The Labute approximate surface area is 97.6 Å². The van der Waals surface area contributed by atoms with E-state index in [-0.39, 0.29) is 6.09 Å². The molecule has 1 amide bonds. The minimum Gasteiger partial charge on any atom is -0.438 e. The van der Waals surface area contributed by atoms with Crippen LogP contribution in [-0.4, -0.2) is 18.7 Å². The third kappa shape index (κ3) is 2.65. The molecule has 90 valence electrons. The molecule has 1 aliphatic rings. The first-order valence-corrected chi connectivity index (χ1v) is 5.93. The zero-order valence-corrected chi connectivity index (χ0v) is 10.3. The number of nitrogens with one attached hydrogen (secondary N) is 1. The number of carbonyl (C=O) groups is 1. The second-order valence-electron chi connectivity index (χ2n) is 4.10. The molecule has 1 atom stereocenters. The number of carbonyl (C=O) groups excluding carboxylic acids is 1. The van der Waals surface area contributed by atoms with Gasteiger partial charge in [0.25, 0.3) is 0 Å². The summed E-state index contributed by atoms with van der Waals surface area (Å²) < 4.78 is 5.58. The van der Waals surface area contributed by atoms with E-state index in [0.717, 1.165) is 19.3 Å². The Kier molecular flexibility index (Phi) is 4.59. The van der Waals surface area contributed by atoms with Gasteiger partial charge in [-0.05, 0) is 18.9 Å². The average molecular weight is 223 g/mol. The lowest BCUT2D eigenvalue weighted by molar-refractivity contribution is 0.00193. The maximum Gasteiger partial charge on any atom is 0.407 e. The molecule has 0 aromatic heterocycles. The van der Waals surface area contributed by atoms with Gasteiger partial charge in [-0.2, -0.15) is 0 Å². The Morgan fingerprint density at radius 3 is 2.56 bits per heavy atom. The topological polar surface area (TPSA) is 38.3 Å². The van der Waals surface area contributed by atoms with Gasteiger partial charge in [0.2, 0.25) is 0 Å². The molecule has 1 rings (SSSR count). The van der Waals surface area contributed by atoms with Crippen molar-refractivity contribution >= 4 is 6.09 Å². The van der Waals surface area contributed by atoms with Crippen molar-refractivity contribution in [2.45, 2.75) is 38.7 Å². The van der Waals surface area contributed by atoms with E-state index in [2.05, 4.69) is 25.2 Å². The summed E-state index contributed by atoms with van der Waals surface area (Å²) in [5.74, 6) is 0.367. The number of amides is 1. The first-order chi connectivity index (χ1) is 7.68. The van der Waals surface area contributed by atoms with Gasteiger partial charge in [-0.25, -0.2) is 4.79 Å². The third-order valence-corrected chi connectivity index (χ3v) is 3.23. The van der Waals surface area contributed by atoms with E-state index >= 15 is 0 Å². The van der Waals surface area contributed by atoms with Gasteiger partial charge < -0.3 is 10.1 Å². The lowest BCUT2D eigenvalue weighted by Gasteiger charge is -2.37. The molecular weight excluding hydrogens is 202 g/mol. The van der Waals surface area contributed by atoms with Crippen molar-refractivity contribution in [3.63, 3.8) is 0 Å². The lowest BCUT2D eigenvalue weighted by atomic mass is 9.79. The van der Waals surface area contributed by atoms with E-state index in [4.69, 9.17) is 4.74 Å². The van der Waals surface area contributed by atoms with Crippen LogP contribution in [0.2, 0.25) is 0 Å². The van der Waals surface area contributed by atoms with E-state index in [0.29, 0.717) is 5.92 Å². The fourth-order valence-electron chi connectivity index (χ4n) is 2.28. The molecule has 0 aromatic carbocycles. The number of hydrogen-bond acceptors (Lipinski definition) is 2. The predicted octanol–water partition coefficient (Wildman–Crippen LogP) is 3.03. The molecule has 0 heterocycles. The Hall–Kier alpha value is -1.25. The fraction of sp³-hybridized carbons (Fsp3) is 0.615. The molecule has 0 bridgehead atoms. The Morgan fingerprint density at radius 1 is 1.44 bits per heavy atom. The predicted molar refractivity (Wildman–Crippen MR) is 65.2 cm³/mol. The van der Waals surface area contributed by atoms with E-state index in [1.165, 1.54) is 0 Å². The first-order valence-electron chi connectivity index (χ1n) is 5.93. The minimum atomic E-state index is -0.460. The molecule has 1 N–H and O–H groups in total. The van der Waals surface area contributed by atoms with E-state index < -0.39 is 5.60 Å². The largest absolute Gasteiger partial charge is 0.438 e. The second kappa shape index (κ2) is 5.73. The van der Waals surface area contributed by atoms with Crippen LogP contribution in [0.4, 0.5) is 4.79 Å². The van der Waals surface area contributed by atoms with Gasteiger partial charge >= 0.3 is 6.09 Å². The summed E-state index contributed by atoms with van der Waals surface area (Å²) in [5.41, 5.74) is -0.460. The van der Waals surface area contributed by atoms with E-state index in [1.807, 2.05) is 18.2 Å². The molecule has 1 aliphatic carbocycles. The van der Waals surface area contributed by atoms with Crippen molar-refractivity contribution in [2.75, 3.05) is 7.05 Å². The summed E-state index contributed by atoms with van der Waals surface area (Å²) in [6.45, 7) is 4.27. The van der Waals surface area contributed by atoms with Gasteiger partial charge in [-0.1, -0.05) is 32.1 Å². The number of alkyl carbamates (subject to hydrolysis) is 1. The van der Waals surface area contributed by atoms with Crippen LogP contribution in [-0.2, 0) is 4.74 Å². The maximum absolute atomic E-state index is 11.4. The fourth-order valence-corrected chi connectivity index (χ4v) is 2.28. The first kappa shape index (κ1) is 12.8. The zero-order valence-electron chi connectivity index (χ0n) is 10.3. The molecule has 1 unspecified atom stereocenters. The number of hydrogen-bond donors (Lipinski definition) is 1. The summed E-state index contributed by atoms with van der Waals surface area (Å²) in [7, 11) is 1.59. The van der Waals surface area contributed by atoms with Crippen LogP contribution < -0.4 is 5.32 Å². The van der Waals surface area contributed by atoms with Gasteiger partial charge in [0, 0.05) is 19.4 Å². The Balaban J connectivity index is 2.88. The van der Waals surface area contributed by atoms with Gasteiger partial charge in [-0.15, -0.1) is 0 Å². The highest BCUT2D eigenvalue weighted by molar-refractivity contribution is 5.67. The van der Waals surface area contributed by atoms with Gasteiger partial charge in [-0.3, -0.25) is 0 Å². The molecule has 3 heteroatoms. The molecule has 0 saturated carbocycles. The summed E-state index contributed by atoms with van der Waals surface area (Å²) in [6.07, 6.45) is 10.5. The van der Waals surface area contributed by atoms with Crippen LogP contribution in [0.3, 0.4) is 0 Å². The van der Waals surface area contributed by atoms with Crippen molar-refractivity contribution in [2.24, 2.45) is 5.92 Å². The molecule has 0 spiro atoms. The number of ether oxygens (including phenoxy) is 1. The van der Waals surface area contributed by atoms with Crippen molar-refractivity contribution in [1.29, 1.82) is 0 Å². The second-order valence-corrected chi connectivity index (χ2v) is 4.10. The SMILES string of the molecule is CCC(CC)C1(OC(=O)NC)C=CC=CC1. The summed E-state index contributed by atoms with van der Waals surface area (Å²) in [6, 6.07) is 0. The van der Waals surface area contributed by atoms with Crippen molar-refractivity contribution in [1.82, 2.24) is 5.32 Å². The quantitative estimate of drug-likeness (QED) is 0.795. The van der Waals surface area contributed by atoms with Crippen molar-refractivity contribution in [3.8, 4) is 0 Å².